The molecule has 0 saturated carbocycles. The van der Waals surface area contributed by atoms with E-state index in [2.05, 4.69) is 15.3 Å². The van der Waals surface area contributed by atoms with Crippen molar-refractivity contribution in [1.82, 2.24) is 5.43 Å². The molecular weight excluding hydrogens is 156 g/mol. The van der Waals surface area contributed by atoms with Gasteiger partial charge in [-0.25, -0.2) is 4.79 Å². The summed E-state index contributed by atoms with van der Waals surface area (Å²) >= 11 is 0. The van der Waals surface area contributed by atoms with Gasteiger partial charge in [0.1, 0.15) is 0 Å². The number of hydrazone groups is 1. The van der Waals surface area contributed by atoms with Crippen LogP contribution < -0.4 is 5.43 Å². The number of hydrogen-bond acceptors (Lipinski definition) is 4. The van der Waals surface area contributed by atoms with Crippen molar-refractivity contribution in [2.75, 3.05) is 7.11 Å². The smallest absolute Gasteiger partial charge is 0.336 e. The summed E-state index contributed by atoms with van der Waals surface area (Å²) in [6.45, 7) is 3.71. The predicted octanol–water partition coefficient (Wildman–Crippen LogP) is 0.659. The zero-order valence-electron chi connectivity index (χ0n) is 7.42. The maximum absolute atomic E-state index is 11.2. The van der Waals surface area contributed by atoms with Crippen molar-refractivity contribution in [2.45, 2.75) is 13.8 Å². The van der Waals surface area contributed by atoms with Crippen LogP contribution in [0.4, 0.5) is 0 Å². The average molecular weight is 168 g/mol. The lowest BCUT2D eigenvalue weighted by Gasteiger charge is -2.17. The second-order valence-electron chi connectivity index (χ2n) is 2.71. The quantitative estimate of drug-likeness (QED) is 0.585. The standard InChI is InChI=1S/C8H12N2O2/c1-5-4-9-10-6(2)7(5)8(11)12-3/h4-5,10H,1-3H3. The summed E-state index contributed by atoms with van der Waals surface area (Å²) in [6, 6.07) is 0. The minimum absolute atomic E-state index is 0.0266. The third-order valence-corrected chi connectivity index (χ3v) is 1.80. The van der Waals surface area contributed by atoms with Crippen LogP contribution in [0, 0.1) is 5.92 Å². The third-order valence-electron chi connectivity index (χ3n) is 1.80. The Morgan fingerprint density at radius 1 is 1.75 bits per heavy atom. The Bertz CT molecular complexity index is 256. The molecule has 0 spiro atoms. The van der Waals surface area contributed by atoms with Crippen LogP contribution in [0.15, 0.2) is 16.4 Å². The Morgan fingerprint density at radius 3 is 2.92 bits per heavy atom. The average Bonchev–Trinajstić information content (AvgIpc) is 2.03. The van der Waals surface area contributed by atoms with Gasteiger partial charge in [0.2, 0.25) is 0 Å². The summed E-state index contributed by atoms with van der Waals surface area (Å²) in [5.74, 6) is -0.266. The third kappa shape index (κ3) is 1.47. The summed E-state index contributed by atoms with van der Waals surface area (Å²) < 4.78 is 4.63. The number of rotatable bonds is 1. The molecule has 1 atom stereocenters. The molecule has 0 bridgehead atoms. The molecule has 1 aliphatic rings. The lowest BCUT2D eigenvalue weighted by molar-refractivity contribution is -0.136. The van der Waals surface area contributed by atoms with Crippen molar-refractivity contribution < 1.29 is 9.53 Å². The molecule has 0 aliphatic carbocycles. The molecule has 12 heavy (non-hydrogen) atoms. The molecular formula is C8H12N2O2. The zero-order chi connectivity index (χ0) is 9.14. The molecule has 0 aromatic heterocycles. The van der Waals surface area contributed by atoms with Gasteiger partial charge in [-0.2, -0.15) is 5.10 Å². The van der Waals surface area contributed by atoms with E-state index in [0.717, 1.165) is 5.70 Å². The van der Waals surface area contributed by atoms with Gasteiger partial charge in [0, 0.05) is 17.8 Å². The van der Waals surface area contributed by atoms with E-state index in [1.54, 1.807) is 13.1 Å². The van der Waals surface area contributed by atoms with Crippen molar-refractivity contribution >= 4 is 12.2 Å². The molecule has 0 amide bonds. The fourth-order valence-electron chi connectivity index (χ4n) is 1.17. The Balaban J connectivity index is 2.91. The molecule has 0 saturated heterocycles. The first kappa shape index (κ1) is 8.77. The number of nitrogens with zero attached hydrogens (tertiary/aromatic N) is 1. The molecule has 1 N–H and O–H groups in total. The Morgan fingerprint density at radius 2 is 2.42 bits per heavy atom. The van der Waals surface area contributed by atoms with Crippen molar-refractivity contribution in [2.24, 2.45) is 11.0 Å². The van der Waals surface area contributed by atoms with Crippen LogP contribution in [0.5, 0.6) is 0 Å². The van der Waals surface area contributed by atoms with Crippen LogP contribution in [0.3, 0.4) is 0 Å². The van der Waals surface area contributed by atoms with Gasteiger partial charge >= 0.3 is 5.97 Å². The van der Waals surface area contributed by atoms with E-state index in [0.29, 0.717) is 5.57 Å². The minimum atomic E-state index is -0.293. The second-order valence-corrected chi connectivity index (χ2v) is 2.71. The van der Waals surface area contributed by atoms with Gasteiger partial charge in [0.15, 0.2) is 0 Å². The summed E-state index contributed by atoms with van der Waals surface area (Å²) in [5.41, 5.74) is 4.13. The number of ether oxygens (including phenoxy) is 1. The number of allylic oxidation sites excluding steroid dienone is 1. The number of carbonyl (C=O) groups excluding carboxylic acids is 1. The van der Waals surface area contributed by atoms with Gasteiger partial charge in [-0.1, -0.05) is 6.92 Å². The van der Waals surface area contributed by atoms with E-state index >= 15 is 0 Å². The first-order chi connectivity index (χ1) is 5.66. The van der Waals surface area contributed by atoms with Crippen LogP contribution in [0.2, 0.25) is 0 Å². The number of methoxy groups -OCH3 is 1. The number of hydrogen-bond donors (Lipinski definition) is 1. The van der Waals surface area contributed by atoms with E-state index in [-0.39, 0.29) is 11.9 Å². The fourth-order valence-corrected chi connectivity index (χ4v) is 1.17. The van der Waals surface area contributed by atoms with E-state index in [4.69, 9.17) is 0 Å². The molecule has 0 aromatic carbocycles. The minimum Gasteiger partial charge on any atom is -0.466 e. The van der Waals surface area contributed by atoms with Crippen LogP contribution in [0.25, 0.3) is 0 Å². The molecule has 4 nitrogen and oxygen atoms in total. The Hall–Kier alpha value is -1.32. The van der Waals surface area contributed by atoms with E-state index in [1.165, 1.54) is 7.11 Å². The summed E-state index contributed by atoms with van der Waals surface area (Å²) in [6.07, 6.45) is 1.68. The van der Waals surface area contributed by atoms with Crippen LogP contribution >= 0.6 is 0 Å². The highest BCUT2D eigenvalue weighted by molar-refractivity contribution is 5.94. The van der Waals surface area contributed by atoms with Crippen LogP contribution in [-0.2, 0) is 9.53 Å². The maximum atomic E-state index is 11.2. The molecule has 1 heterocycles. The van der Waals surface area contributed by atoms with E-state index < -0.39 is 0 Å². The van der Waals surface area contributed by atoms with Gasteiger partial charge < -0.3 is 4.74 Å². The maximum Gasteiger partial charge on any atom is 0.336 e. The van der Waals surface area contributed by atoms with E-state index in [9.17, 15) is 4.79 Å². The summed E-state index contributed by atoms with van der Waals surface area (Å²) in [7, 11) is 1.38. The number of carbonyl (C=O) groups is 1. The van der Waals surface area contributed by atoms with Gasteiger partial charge in [0.05, 0.1) is 12.7 Å². The highest BCUT2D eigenvalue weighted by Gasteiger charge is 2.21. The van der Waals surface area contributed by atoms with Gasteiger partial charge in [-0.15, -0.1) is 0 Å². The van der Waals surface area contributed by atoms with Crippen LogP contribution in [0.1, 0.15) is 13.8 Å². The summed E-state index contributed by atoms with van der Waals surface area (Å²) in [5, 5.41) is 3.87. The van der Waals surface area contributed by atoms with Gasteiger partial charge in [0.25, 0.3) is 0 Å². The normalized spacial score (nSPS) is 22.1. The fraction of sp³-hybridized carbons (Fsp3) is 0.500. The molecule has 4 heteroatoms. The second kappa shape index (κ2) is 3.38. The van der Waals surface area contributed by atoms with Crippen molar-refractivity contribution in [3.63, 3.8) is 0 Å². The molecule has 1 unspecified atom stereocenters. The lowest BCUT2D eigenvalue weighted by atomic mass is 10.00. The largest absolute Gasteiger partial charge is 0.466 e. The molecule has 0 aromatic rings. The highest BCUT2D eigenvalue weighted by Crippen LogP contribution is 2.16. The highest BCUT2D eigenvalue weighted by atomic mass is 16.5. The SMILES string of the molecule is COC(=O)C1=C(C)NN=CC1C. The lowest BCUT2D eigenvalue weighted by Crippen LogP contribution is -2.24. The van der Waals surface area contributed by atoms with Crippen molar-refractivity contribution in [1.29, 1.82) is 0 Å². The van der Waals surface area contributed by atoms with Crippen molar-refractivity contribution in [3.8, 4) is 0 Å². The van der Waals surface area contributed by atoms with Gasteiger partial charge in [-0.3, -0.25) is 5.43 Å². The zero-order valence-corrected chi connectivity index (χ0v) is 7.42. The molecule has 1 rings (SSSR count). The van der Waals surface area contributed by atoms with E-state index in [1.807, 2.05) is 6.92 Å². The molecule has 1 aliphatic heterocycles. The first-order valence-electron chi connectivity index (χ1n) is 3.75. The number of nitrogens with one attached hydrogen (secondary N) is 1. The van der Waals surface area contributed by atoms with Gasteiger partial charge in [-0.05, 0) is 6.92 Å². The Labute approximate surface area is 71.3 Å². The summed E-state index contributed by atoms with van der Waals surface area (Å²) in [4.78, 5) is 11.2. The topological polar surface area (TPSA) is 50.7 Å². The number of esters is 1. The Kier molecular flexibility index (Phi) is 2.47. The molecule has 0 fully saturated rings. The molecule has 0 radical (unpaired) electrons. The van der Waals surface area contributed by atoms with Crippen molar-refractivity contribution in [3.05, 3.63) is 11.3 Å². The van der Waals surface area contributed by atoms with Crippen LogP contribution in [-0.4, -0.2) is 19.3 Å². The molecule has 66 valence electrons. The first-order valence-corrected chi connectivity index (χ1v) is 3.75. The predicted molar refractivity (Wildman–Crippen MR) is 45.5 cm³/mol. The monoisotopic (exact) mass is 168 g/mol.